The van der Waals surface area contributed by atoms with E-state index in [1.54, 1.807) is 7.11 Å². The molecule has 106 valence electrons. The zero-order valence-electron chi connectivity index (χ0n) is 11.3. The first kappa shape index (κ1) is 15.7. The molecule has 1 aromatic rings. The van der Waals surface area contributed by atoms with Crippen LogP contribution in [0.2, 0.25) is 0 Å². The standard InChI is InChI=1S/C12H18IN3OS2/c1-7-10(19-5-4-18-7)12-15-8(6-17-3)9(13)11(14-2)16-12/h7,10H,4-6H2,1-3H3,(H,14,15,16). The quantitative estimate of drug-likeness (QED) is 0.769. The molecule has 1 aliphatic rings. The fourth-order valence-corrected chi connectivity index (χ4v) is 5.31. The highest BCUT2D eigenvalue weighted by Crippen LogP contribution is 2.41. The zero-order valence-corrected chi connectivity index (χ0v) is 15.1. The normalized spacial score (nSPS) is 23.4. The van der Waals surface area contributed by atoms with Gasteiger partial charge in [-0.3, -0.25) is 0 Å². The summed E-state index contributed by atoms with van der Waals surface area (Å²) in [6.07, 6.45) is 0. The van der Waals surface area contributed by atoms with Crippen LogP contribution in [0.3, 0.4) is 0 Å². The summed E-state index contributed by atoms with van der Waals surface area (Å²) in [5.74, 6) is 4.22. The molecule has 4 nitrogen and oxygen atoms in total. The number of methoxy groups -OCH3 is 1. The van der Waals surface area contributed by atoms with Gasteiger partial charge in [-0.25, -0.2) is 9.97 Å². The molecule has 0 radical (unpaired) electrons. The molecule has 2 rings (SSSR count). The zero-order chi connectivity index (χ0) is 13.8. The van der Waals surface area contributed by atoms with Crippen LogP contribution < -0.4 is 5.32 Å². The largest absolute Gasteiger partial charge is 0.378 e. The fraction of sp³-hybridized carbons (Fsp3) is 0.667. The van der Waals surface area contributed by atoms with Crippen molar-refractivity contribution >= 4 is 51.9 Å². The second-order valence-electron chi connectivity index (χ2n) is 4.24. The predicted molar refractivity (Wildman–Crippen MR) is 92.1 cm³/mol. The lowest BCUT2D eigenvalue weighted by atomic mass is 10.3. The van der Waals surface area contributed by atoms with E-state index in [4.69, 9.17) is 9.72 Å². The lowest BCUT2D eigenvalue weighted by Crippen LogP contribution is -2.20. The number of nitrogens with zero attached hydrogens (tertiary/aromatic N) is 2. The molecular formula is C12H18IN3OS2. The molecule has 1 saturated heterocycles. The van der Waals surface area contributed by atoms with Gasteiger partial charge in [0.15, 0.2) is 0 Å². The molecule has 1 N–H and O–H groups in total. The number of hydrogen-bond donors (Lipinski definition) is 1. The van der Waals surface area contributed by atoms with Gasteiger partial charge < -0.3 is 10.1 Å². The topological polar surface area (TPSA) is 47.0 Å². The van der Waals surface area contributed by atoms with Crippen LogP contribution in [0, 0.1) is 3.57 Å². The molecule has 7 heteroatoms. The molecular weight excluding hydrogens is 393 g/mol. The van der Waals surface area contributed by atoms with Crippen LogP contribution >= 0.6 is 46.1 Å². The van der Waals surface area contributed by atoms with Gasteiger partial charge in [-0.1, -0.05) is 6.92 Å². The van der Waals surface area contributed by atoms with Gasteiger partial charge in [-0.15, -0.1) is 11.8 Å². The monoisotopic (exact) mass is 411 g/mol. The Balaban J connectivity index is 2.36. The summed E-state index contributed by atoms with van der Waals surface area (Å²) in [5, 5.41) is 4.09. The van der Waals surface area contributed by atoms with Crippen LogP contribution in [0.25, 0.3) is 0 Å². The molecule has 2 unspecified atom stereocenters. The van der Waals surface area contributed by atoms with Crippen molar-refractivity contribution in [3.8, 4) is 0 Å². The van der Waals surface area contributed by atoms with Gasteiger partial charge in [0, 0.05) is 30.9 Å². The first-order valence-corrected chi connectivity index (χ1v) is 9.31. The van der Waals surface area contributed by atoms with Crippen molar-refractivity contribution in [3.63, 3.8) is 0 Å². The van der Waals surface area contributed by atoms with Gasteiger partial charge in [-0.05, 0) is 22.6 Å². The van der Waals surface area contributed by atoms with E-state index < -0.39 is 0 Å². The van der Waals surface area contributed by atoms with Crippen molar-refractivity contribution in [1.29, 1.82) is 0 Å². The van der Waals surface area contributed by atoms with E-state index in [1.165, 1.54) is 11.5 Å². The van der Waals surface area contributed by atoms with Crippen LogP contribution in [0.1, 0.15) is 23.7 Å². The Morgan fingerprint density at radius 3 is 2.74 bits per heavy atom. The maximum Gasteiger partial charge on any atom is 0.145 e. The molecule has 2 atom stereocenters. The molecule has 0 aromatic carbocycles. The number of nitrogens with one attached hydrogen (secondary N) is 1. The lowest BCUT2D eigenvalue weighted by Gasteiger charge is -2.27. The molecule has 1 aromatic heterocycles. The van der Waals surface area contributed by atoms with Crippen LogP contribution in [-0.2, 0) is 11.3 Å². The van der Waals surface area contributed by atoms with Crippen molar-refractivity contribution in [2.75, 3.05) is 31.0 Å². The Kier molecular flexibility index (Phi) is 6.04. The number of ether oxygens (including phenoxy) is 1. The van der Waals surface area contributed by atoms with Crippen LogP contribution in [0.15, 0.2) is 0 Å². The highest BCUT2D eigenvalue weighted by Gasteiger charge is 2.28. The molecule has 0 aliphatic carbocycles. The summed E-state index contributed by atoms with van der Waals surface area (Å²) < 4.78 is 6.29. The summed E-state index contributed by atoms with van der Waals surface area (Å²) in [5.41, 5.74) is 0.973. The minimum atomic E-state index is 0.374. The van der Waals surface area contributed by atoms with Crippen molar-refractivity contribution in [1.82, 2.24) is 9.97 Å². The summed E-state index contributed by atoms with van der Waals surface area (Å²) >= 11 is 6.24. The predicted octanol–water partition coefficient (Wildman–Crippen LogP) is 3.18. The van der Waals surface area contributed by atoms with Crippen molar-refractivity contribution in [2.45, 2.75) is 24.0 Å². The molecule has 1 fully saturated rings. The number of aromatic nitrogens is 2. The van der Waals surface area contributed by atoms with E-state index in [0.29, 0.717) is 17.1 Å². The molecule has 0 amide bonds. The molecule has 0 saturated carbocycles. The molecule has 2 heterocycles. The maximum absolute atomic E-state index is 5.24. The minimum Gasteiger partial charge on any atom is -0.378 e. The summed E-state index contributed by atoms with van der Waals surface area (Å²) in [7, 11) is 3.60. The van der Waals surface area contributed by atoms with Gasteiger partial charge in [-0.2, -0.15) is 11.8 Å². The summed E-state index contributed by atoms with van der Waals surface area (Å²) in [6, 6.07) is 0. The Morgan fingerprint density at radius 1 is 1.37 bits per heavy atom. The van der Waals surface area contributed by atoms with E-state index in [1.807, 2.05) is 30.6 Å². The highest BCUT2D eigenvalue weighted by molar-refractivity contribution is 14.1. The molecule has 0 spiro atoms. The van der Waals surface area contributed by atoms with Gasteiger partial charge in [0.25, 0.3) is 0 Å². The second kappa shape index (κ2) is 7.33. The first-order chi connectivity index (χ1) is 9.17. The Hall–Kier alpha value is 0.270. The fourth-order valence-electron chi connectivity index (χ4n) is 1.95. The number of halogens is 1. The van der Waals surface area contributed by atoms with Gasteiger partial charge in [0.05, 0.1) is 21.1 Å². The van der Waals surface area contributed by atoms with E-state index in [9.17, 15) is 0 Å². The number of anilines is 1. The van der Waals surface area contributed by atoms with Gasteiger partial charge >= 0.3 is 0 Å². The third-order valence-electron chi connectivity index (χ3n) is 2.90. The number of thioether (sulfide) groups is 2. The Morgan fingerprint density at radius 2 is 2.11 bits per heavy atom. The van der Waals surface area contributed by atoms with Crippen molar-refractivity contribution in [2.24, 2.45) is 0 Å². The van der Waals surface area contributed by atoms with Gasteiger partial charge in [0.2, 0.25) is 0 Å². The highest BCUT2D eigenvalue weighted by atomic mass is 127. The minimum absolute atomic E-state index is 0.374. The smallest absolute Gasteiger partial charge is 0.145 e. The van der Waals surface area contributed by atoms with Crippen LogP contribution in [0.4, 0.5) is 5.82 Å². The maximum atomic E-state index is 5.24. The first-order valence-electron chi connectivity index (χ1n) is 6.13. The third-order valence-corrected chi connectivity index (χ3v) is 7.12. The summed E-state index contributed by atoms with van der Waals surface area (Å²) in [4.78, 5) is 9.42. The number of rotatable bonds is 4. The van der Waals surface area contributed by atoms with Crippen LogP contribution in [0.5, 0.6) is 0 Å². The third kappa shape index (κ3) is 3.68. The molecule has 1 aliphatic heterocycles. The van der Waals surface area contributed by atoms with Crippen molar-refractivity contribution in [3.05, 3.63) is 15.1 Å². The van der Waals surface area contributed by atoms with E-state index in [-0.39, 0.29) is 0 Å². The lowest BCUT2D eigenvalue weighted by molar-refractivity contribution is 0.180. The Bertz CT molecular complexity index is 447. The SMILES string of the molecule is CNc1nc(C2SCCSC2C)nc(COC)c1I. The van der Waals surface area contributed by atoms with E-state index in [0.717, 1.165) is 20.9 Å². The average molecular weight is 411 g/mol. The molecule has 19 heavy (non-hydrogen) atoms. The Labute approximate surface area is 136 Å². The number of hydrogen-bond acceptors (Lipinski definition) is 6. The molecule has 0 bridgehead atoms. The van der Waals surface area contributed by atoms with E-state index in [2.05, 4.69) is 39.8 Å². The summed E-state index contributed by atoms with van der Waals surface area (Å²) in [6.45, 7) is 2.79. The van der Waals surface area contributed by atoms with Gasteiger partial charge in [0.1, 0.15) is 11.6 Å². The average Bonchev–Trinajstić information content (AvgIpc) is 2.42. The van der Waals surface area contributed by atoms with Crippen molar-refractivity contribution < 1.29 is 4.74 Å². The van der Waals surface area contributed by atoms with E-state index >= 15 is 0 Å². The van der Waals surface area contributed by atoms with Crippen LogP contribution in [-0.4, -0.2) is 40.9 Å². The second-order valence-corrected chi connectivity index (χ2v) is 8.05.